The summed E-state index contributed by atoms with van der Waals surface area (Å²) in [4.78, 5) is 33.2. The van der Waals surface area contributed by atoms with E-state index in [1.54, 1.807) is 21.2 Å². The Bertz CT molecular complexity index is 1340. The van der Waals surface area contributed by atoms with E-state index >= 15 is 0 Å². The van der Waals surface area contributed by atoms with Gasteiger partial charge in [0, 0.05) is 37.7 Å². The maximum absolute atomic E-state index is 13.7. The van der Waals surface area contributed by atoms with Crippen LogP contribution in [-0.2, 0) is 30.5 Å². The Morgan fingerprint density at radius 1 is 1.08 bits per heavy atom. The van der Waals surface area contributed by atoms with Gasteiger partial charge in [-0.2, -0.15) is 13.2 Å². The van der Waals surface area contributed by atoms with Crippen molar-refractivity contribution in [2.24, 2.45) is 0 Å². The van der Waals surface area contributed by atoms with E-state index in [0.29, 0.717) is 42.4 Å². The topological polar surface area (TPSA) is 67.2 Å². The second kappa shape index (κ2) is 11.3. The Labute approximate surface area is 223 Å². The molecule has 6 nitrogen and oxygen atoms in total. The highest BCUT2D eigenvalue weighted by Gasteiger charge is 2.30. The van der Waals surface area contributed by atoms with Crippen LogP contribution >= 0.6 is 11.8 Å². The molecule has 1 N–H and O–H groups in total. The van der Waals surface area contributed by atoms with Crippen molar-refractivity contribution in [2.45, 2.75) is 61.8 Å². The van der Waals surface area contributed by atoms with Gasteiger partial charge in [-0.25, -0.2) is 4.98 Å². The van der Waals surface area contributed by atoms with Gasteiger partial charge in [-0.15, -0.1) is 0 Å². The van der Waals surface area contributed by atoms with Crippen LogP contribution in [0.1, 0.15) is 48.1 Å². The fourth-order valence-corrected chi connectivity index (χ4v) is 5.91. The standard InChI is InChI=1S/C28H29F3N4O2S/c29-28(30,31)20-11-9-19(10-12-20)17-32-15-13-25(36)34-16-14-24-23(18-34)26(37)35(21-5-2-1-3-6-21)27(33-24)38-22-7-4-8-22/h1-3,5-6,9-12,22,32H,4,7-8,13-18H2. The van der Waals surface area contributed by atoms with Crippen LogP contribution in [0.25, 0.3) is 5.69 Å². The van der Waals surface area contributed by atoms with Crippen LogP contribution in [0.2, 0.25) is 0 Å². The molecule has 0 unspecified atom stereocenters. The molecule has 1 aromatic heterocycles. The second-order valence-electron chi connectivity index (χ2n) is 9.65. The number of thioether (sulfide) groups is 1. The molecule has 1 amide bonds. The quantitative estimate of drug-likeness (QED) is 0.322. The Hall–Kier alpha value is -3.11. The largest absolute Gasteiger partial charge is 0.416 e. The molecule has 0 atom stereocenters. The summed E-state index contributed by atoms with van der Waals surface area (Å²) in [5.41, 5.74) is 2.00. The number of nitrogens with zero attached hydrogens (tertiary/aromatic N) is 3. The van der Waals surface area contributed by atoms with Crippen LogP contribution in [0.4, 0.5) is 13.2 Å². The van der Waals surface area contributed by atoms with E-state index < -0.39 is 11.7 Å². The van der Waals surface area contributed by atoms with Gasteiger partial charge in [0.25, 0.3) is 5.56 Å². The highest BCUT2D eigenvalue weighted by molar-refractivity contribution is 7.99. The summed E-state index contributed by atoms with van der Waals surface area (Å²) >= 11 is 1.67. The van der Waals surface area contributed by atoms with Crippen molar-refractivity contribution in [1.82, 2.24) is 19.8 Å². The summed E-state index contributed by atoms with van der Waals surface area (Å²) in [6.45, 7) is 1.47. The Morgan fingerprint density at radius 2 is 1.82 bits per heavy atom. The van der Waals surface area contributed by atoms with Crippen LogP contribution in [-0.4, -0.2) is 38.7 Å². The van der Waals surface area contributed by atoms with Crippen molar-refractivity contribution in [3.05, 3.63) is 87.3 Å². The van der Waals surface area contributed by atoms with Crippen LogP contribution in [0.5, 0.6) is 0 Å². The van der Waals surface area contributed by atoms with Gasteiger partial charge in [0.15, 0.2) is 5.16 Å². The van der Waals surface area contributed by atoms with E-state index in [2.05, 4.69) is 5.32 Å². The molecule has 2 heterocycles. The third-order valence-corrected chi connectivity index (χ3v) is 8.31. The lowest BCUT2D eigenvalue weighted by atomic mass is 10.0. The first kappa shape index (κ1) is 26.5. The zero-order valence-corrected chi connectivity index (χ0v) is 21.7. The minimum absolute atomic E-state index is 0.0749. The van der Waals surface area contributed by atoms with Crippen molar-refractivity contribution in [2.75, 3.05) is 13.1 Å². The molecule has 1 fully saturated rings. The SMILES string of the molecule is O=C(CCNCc1ccc(C(F)(F)F)cc1)N1CCc2nc(SC3CCC3)n(-c3ccccc3)c(=O)c2C1. The average Bonchev–Trinajstić information content (AvgIpc) is 2.89. The number of amides is 1. The van der Waals surface area contributed by atoms with Gasteiger partial charge >= 0.3 is 6.18 Å². The Balaban J connectivity index is 1.23. The van der Waals surface area contributed by atoms with Gasteiger partial charge in [0.1, 0.15) is 0 Å². The Morgan fingerprint density at radius 3 is 2.47 bits per heavy atom. The van der Waals surface area contributed by atoms with Crippen LogP contribution < -0.4 is 10.9 Å². The van der Waals surface area contributed by atoms with Crippen LogP contribution in [0.15, 0.2) is 64.5 Å². The molecule has 38 heavy (non-hydrogen) atoms. The normalized spacial score (nSPS) is 15.7. The third-order valence-electron chi connectivity index (χ3n) is 7.02. The van der Waals surface area contributed by atoms with Gasteiger partial charge < -0.3 is 10.2 Å². The van der Waals surface area contributed by atoms with E-state index in [0.717, 1.165) is 41.5 Å². The molecule has 1 aliphatic carbocycles. The number of fused-ring (bicyclic) bond motifs is 1. The summed E-state index contributed by atoms with van der Waals surface area (Å²) in [5, 5.41) is 4.32. The van der Waals surface area contributed by atoms with E-state index in [9.17, 15) is 22.8 Å². The number of nitrogens with one attached hydrogen (secondary N) is 1. The van der Waals surface area contributed by atoms with Crippen molar-refractivity contribution in [3.63, 3.8) is 0 Å². The van der Waals surface area contributed by atoms with E-state index in [1.165, 1.54) is 18.6 Å². The molecule has 1 saturated carbocycles. The van der Waals surface area contributed by atoms with Gasteiger partial charge in [-0.05, 0) is 42.7 Å². The lowest BCUT2D eigenvalue weighted by Crippen LogP contribution is -2.42. The van der Waals surface area contributed by atoms with E-state index in [1.807, 2.05) is 30.3 Å². The number of carbonyl (C=O) groups excluding carboxylic acids is 1. The summed E-state index contributed by atoms with van der Waals surface area (Å²) in [6, 6.07) is 14.5. The minimum atomic E-state index is -4.36. The lowest BCUT2D eigenvalue weighted by molar-refractivity contribution is -0.137. The van der Waals surface area contributed by atoms with Gasteiger partial charge in [0.05, 0.1) is 29.1 Å². The number of benzene rings is 2. The number of aromatic nitrogens is 2. The smallest absolute Gasteiger partial charge is 0.338 e. The molecule has 0 saturated heterocycles. The highest BCUT2D eigenvalue weighted by atomic mass is 32.2. The van der Waals surface area contributed by atoms with Crippen molar-refractivity contribution >= 4 is 17.7 Å². The van der Waals surface area contributed by atoms with Gasteiger partial charge in [0.2, 0.25) is 5.91 Å². The predicted molar refractivity (Wildman–Crippen MR) is 140 cm³/mol. The number of rotatable bonds is 8. The van der Waals surface area contributed by atoms with Gasteiger partial charge in [-0.1, -0.05) is 48.5 Å². The molecular weight excluding hydrogens is 513 g/mol. The number of hydrogen-bond acceptors (Lipinski definition) is 5. The molecule has 1 aliphatic heterocycles. The second-order valence-corrected chi connectivity index (χ2v) is 10.9. The summed E-state index contributed by atoms with van der Waals surface area (Å²) in [7, 11) is 0. The first-order valence-corrected chi connectivity index (χ1v) is 13.7. The highest BCUT2D eigenvalue weighted by Crippen LogP contribution is 2.36. The fraction of sp³-hybridized carbons (Fsp3) is 0.393. The molecule has 2 aromatic carbocycles. The molecule has 0 spiro atoms. The first-order chi connectivity index (χ1) is 18.3. The molecule has 3 aromatic rings. The van der Waals surface area contributed by atoms with E-state index in [-0.39, 0.29) is 24.4 Å². The zero-order valence-electron chi connectivity index (χ0n) is 20.8. The molecule has 10 heteroatoms. The number of para-hydroxylation sites is 1. The summed E-state index contributed by atoms with van der Waals surface area (Å²) < 4.78 is 39.8. The predicted octanol–water partition coefficient (Wildman–Crippen LogP) is 4.96. The van der Waals surface area contributed by atoms with Crippen molar-refractivity contribution < 1.29 is 18.0 Å². The molecule has 0 radical (unpaired) electrons. The van der Waals surface area contributed by atoms with Crippen LogP contribution in [0, 0.1) is 0 Å². The molecule has 0 bridgehead atoms. The molecular formula is C28H29F3N4O2S. The monoisotopic (exact) mass is 542 g/mol. The van der Waals surface area contributed by atoms with Crippen molar-refractivity contribution in [1.29, 1.82) is 0 Å². The minimum Gasteiger partial charge on any atom is -0.338 e. The first-order valence-electron chi connectivity index (χ1n) is 12.8. The Kier molecular flexibility index (Phi) is 7.90. The summed E-state index contributed by atoms with van der Waals surface area (Å²) in [6.07, 6.45) is -0.144. The average molecular weight is 543 g/mol. The third kappa shape index (κ3) is 5.96. The van der Waals surface area contributed by atoms with Gasteiger partial charge in [-0.3, -0.25) is 14.2 Å². The number of carbonyl (C=O) groups is 1. The number of alkyl halides is 3. The number of hydrogen-bond donors (Lipinski definition) is 1. The number of halogens is 3. The fourth-order valence-electron chi connectivity index (χ4n) is 4.59. The summed E-state index contributed by atoms with van der Waals surface area (Å²) in [5.74, 6) is -0.0749. The molecule has 5 rings (SSSR count). The zero-order chi connectivity index (χ0) is 26.7. The maximum atomic E-state index is 13.7. The van der Waals surface area contributed by atoms with Crippen molar-refractivity contribution in [3.8, 4) is 5.69 Å². The molecule has 200 valence electrons. The lowest BCUT2D eigenvalue weighted by Gasteiger charge is -2.30. The van der Waals surface area contributed by atoms with E-state index in [4.69, 9.17) is 4.98 Å². The maximum Gasteiger partial charge on any atom is 0.416 e. The van der Waals surface area contributed by atoms with Crippen LogP contribution in [0.3, 0.4) is 0 Å². The molecule has 2 aliphatic rings.